The van der Waals surface area contributed by atoms with Crippen LogP contribution in [0, 0.1) is 13.8 Å². The lowest BCUT2D eigenvalue weighted by molar-refractivity contribution is 0.0962. The third-order valence-electron chi connectivity index (χ3n) is 4.38. The standard InChI is InChI=1S/C15H27N3O3S/c1-6-22(19,20)9-10(2)16-13-7-8-21-15(13)14-11(3)17-18(5)12(14)4/h10,13,15-16H,6-9H2,1-5H3/t10-,13-,15-/m0/s1. The van der Waals surface area contributed by atoms with E-state index < -0.39 is 9.84 Å². The quantitative estimate of drug-likeness (QED) is 0.851. The molecule has 1 aromatic heterocycles. The summed E-state index contributed by atoms with van der Waals surface area (Å²) in [4.78, 5) is 0. The average Bonchev–Trinajstić information content (AvgIpc) is 2.95. The molecule has 0 amide bonds. The predicted octanol–water partition coefficient (Wildman–Crippen LogP) is 1.28. The van der Waals surface area contributed by atoms with Gasteiger partial charge in [0.1, 0.15) is 6.10 Å². The molecule has 22 heavy (non-hydrogen) atoms. The van der Waals surface area contributed by atoms with Crippen LogP contribution in [0.5, 0.6) is 0 Å². The fourth-order valence-electron chi connectivity index (χ4n) is 3.16. The number of rotatable bonds is 6. The highest BCUT2D eigenvalue weighted by Gasteiger charge is 2.34. The van der Waals surface area contributed by atoms with Crippen LogP contribution >= 0.6 is 0 Å². The molecule has 6 nitrogen and oxygen atoms in total. The van der Waals surface area contributed by atoms with Crippen LogP contribution in [0.4, 0.5) is 0 Å². The van der Waals surface area contributed by atoms with E-state index >= 15 is 0 Å². The molecule has 1 aliphatic heterocycles. The van der Waals surface area contributed by atoms with E-state index in [1.807, 2.05) is 32.5 Å². The Kier molecular flexibility index (Phi) is 5.29. The van der Waals surface area contributed by atoms with Crippen molar-refractivity contribution in [3.8, 4) is 0 Å². The largest absolute Gasteiger partial charge is 0.372 e. The molecule has 0 radical (unpaired) electrons. The van der Waals surface area contributed by atoms with Gasteiger partial charge < -0.3 is 10.1 Å². The van der Waals surface area contributed by atoms with E-state index in [0.717, 1.165) is 23.4 Å². The second-order valence-corrected chi connectivity index (χ2v) is 8.56. The Morgan fingerprint density at radius 2 is 2.14 bits per heavy atom. The molecule has 0 saturated carbocycles. The summed E-state index contributed by atoms with van der Waals surface area (Å²) >= 11 is 0. The van der Waals surface area contributed by atoms with Crippen LogP contribution in [0.2, 0.25) is 0 Å². The molecular weight excluding hydrogens is 302 g/mol. The molecular formula is C15H27N3O3S. The minimum Gasteiger partial charge on any atom is -0.372 e. The minimum absolute atomic E-state index is 0.0551. The van der Waals surface area contributed by atoms with Gasteiger partial charge in [0.15, 0.2) is 9.84 Å². The van der Waals surface area contributed by atoms with E-state index in [1.165, 1.54) is 0 Å². The molecule has 1 aromatic rings. The summed E-state index contributed by atoms with van der Waals surface area (Å²) < 4.78 is 31.3. The van der Waals surface area contributed by atoms with Crippen molar-refractivity contribution in [3.63, 3.8) is 0 Å². The second kappa shape index (κ2) is 6.68. The molecule has 1 aliphatic rings. The Hall–Kier alpha value is -0.920. The highest BCUT2D eigenvalue weighted by molar-refractivity contribution is 7.91. The fraction of sp³-hybridized carbons (Fsp3) is 0.800. The zero-order chi connectivity index (χ0) is 16.5. The van der Waals surface area contributed by atoms with E-state index in [-0.39, 0.29) is 29.7 Å². The van der Waals surface area contributed by atoms with Gasteiger partial charge >= 0.3 is 0 Å². The van der Waals surface area contributed by atoms with Crippen molar-refractivity contribution in [3.05, 3.63) is 17.0 Å². The number of aryl methyl sites for hydroxylation is 2. The summed E-state index contributed by atoms with van der Waals surface area (Å²) in [6.45, 7) is 8.33. The lowest BCUT2D eigenvalue weighted by atomic mass is 10.00. The Labute approximate surface area is 133 Å². The lowest BCUT2D eigenvalue weighted by Gasteiger charge is -2.24. The maximum atomic E-state index is 11.8. The van der Waals surface area contributed by atoms with Gasteiger partial charge in [-0.05, 0) is 27.2 Å². The molecule has 0 spiro atoms. The lowest BCUT2D eigenvalue weighted by Crippen LogP contribution is -2.42. The first-order chi connectivity index (χ1) is 10.2. The zero-order valence-electron chi connectivity index (χ0n) is 14.1. The first kappa shape index (κ1) is 17.4. The van der Waals surface area contributed by atoms with E-state index in [1.54, 1.807) is 6.92 Å². The van der Waals surface area contributed by atoms with E-state index in [2.05, 4.69) is 10.4 Å². The summed E-state index contributed by atoms with van der Waals surface area (Å²) in [5.74, 6) is 0.349. The molecule has 126 valence electrons. The average molecular weight is 329 g/mol. The van der Waals surface area contributed by atoms with Crippen LogP contribution in [-0.2, 0) is 21.6 Å². The molecule has 0 bridgehead atoms. The number of nitrogens with zero attached hydrogens (tertiary/aromatic N) is 2. The maximum absolute atomic E-state index is 11.8. The summed E-state index contributed by atoms with van der Waals surface area (Å²) in [7, 11) is -1.04. The van der Waals surface area contributed by atoms with Crippen LogP contribution in [0.3, 0.4) is 0 Å². The Morgan fingerprint density at radius 1 is 1.45 bits per heavy atom. The maximum Gasteiger partial charge on any atom is 0.151 e. The van der Waals surface area contributed by atoms with Gasteiger partial charge in [-0.3, -0.25) is 4.68 Å². The SMILES string of the molecule is CCS(=O)(=O)C[C@H](C)N[C@H]1CCO[C@@H]1c1c(C)nn(C)c1C. The normalized spacial score (nSPS) is 23.9. The van der Waals surface area contributed by atoms with E-state index in [4.69, 9.17) is 4.74 Å². The Balaban J connectivity index is 2.11. The van der Waals surface area contributed by atoms with Gasteiger partial charge in [0, 0.05) is 42.7 Å². The zero-order valence-corrected chi connectivity index (χ0v) is 14.9. The van der Waals surface area contributed by atoms with Crippen LogP contribution in [-0.4, -0.2) is 48.4 Å². The van der Waals surface area contributed by atoms with Crippen LogP contribution in [0.15, 0.2) is 0 Å². The van der Waals surface area contributed by atoms with Gasteiger partial charge in [-0.15, -0.1) is 0 Å². The number of ether oxygens (including phenoxy) is 1. The van der Waals surface area contributed by atoms with E-state index in [9.17, 15) is 8.42 Å². The van der Waals surface area contributed by atoms with Gasteiger partial charge in [-0.1, -0.05) is 6.92 Å². The van der Waals surface area contributed by atoms with Gasteiger partial charge in [-0.2, -0.15) is 5.10 Å². The number of hydrogen-bond donors (Lipinski definition) is 1. The van der Waals surface area contributed by atoms with Gasteiger partial charge in [-0.25, -0.2) is 8.42 Å². The summed E-state index contributed by atoms with van der Waals surface area (Å²) in [6, 6.07) is 0.0417. The van der Waals surface area contributed by atoms with Gasteiger partial charge in [0.05, 0.1) is 11.4 Å². The number of nitrogens with one attached hydrogen (secondary N) is 1. The second-order valence-electron chi connectivity index (χ2n) is 6.16. The number of sulfone groups is 1. The fourth-order valence-corrected chi connectivity index (χ4v) is 4.25. The highest BCUT2D eigenvalue weighted by Crippen LogP contribution is 2.33. The Bertz CT molecular complexity index is 624. The van der Waals surface area contributed by atoms with Crippen molar-refractivity contribution in [1.29, 1.82) is 0 Å². The number of hydrogen-bond acceptors (Lipinski definition) is 5. The summed E-state index contributed by atoms with van der Waals surface area (Å²) in [5.41, 5.74) is 3.21. The molecule has 2 heterocycles. The third-order valence-corrected chi connectivity index (χ3v) is 6.27. The molecule has 1 fully saturated rings. The molecule has 0 aliphatic carbocycles. The first-order valence-corrected chi connectivity index (χ1v) is 9.65. The van der Waals surface area contributed by atoms with Gasteiger partial charge in [0.2, 0.25) is 0 Å². The van der Waals surface area contributed by atoms with Crippen molar-refractivity contribution >= 4 is 9.84 Å². The van der Waals surface area contributed by atoms with Crippen molar-refractivity contribution < 1.29 is 13.2 Å². The van der Waals surface area contributed by atoms with Crippen molar-refractivity contribution in [2.75, 3.05) is 18.1 Å². The molecule has 2 rings (SSSR count). The molecule has 3 atom stereocenters. The Morgan fingerprint density at radius 3 is 2.68 bits per heavy atom. The first-order valence-electron chi connectivity index (χ1n) is 7.83. The van der Waals surface area contributed by atoms with Crippen LogP contribution in [0.1, 0.15) is 43.3 Å². The minimum atomic E-state index is -2.97. The molecule has 0 unspecified atom stereocenters. The predicted molar refractivity (Wildman–Crippen MR) is 86.7 cm³/mol. The van der Waals surface area contributed by atoms with E-state index in [0.29, 0.717) is 6.61 Å². The molecule has 0 aromatic carbocycles. The highest BCUT2D eigenvalue weighted by atomic mass is 32.2. The van der Waals surface area contributed by atoms with Crippen LogP contribution < -0.4 is 5.32 Å². The third kappa shape index (κ3) is 3.70. The molecule has 1 saturated heterocycles. The smallest absolute Gasteiger partial charge is 0.151 e. The molecule has 1 N–H and O–H groups in total. The topological polar surface area (TPSA) is 73.2 Å². The van der Waals surface area contributed by atoms with Crippen molar-refractivity contribution in [2.45, 2.75) is 52.3 Å². The molecule has 7 heteroatoms. The van der Waals surface area contributed by atoms with Crippen LogP contribution in [0.25, 0.3) is 0 Å². The summed E-state index contributed by atoms with van der Waals surface area (Å²) in [6.07, 6.45) is 0.829. The van der Waals surface area contributed by atoms with Gasteiger partial charge in [0.25, 0.3) is 0 Å². The monoisotopic (exact) mass is 329 g/mol. The van der Waals surface area contributed by atoms with Crippen molar-refractivity contribution in [1.82, 2.24) is 15.1 Å². The van der Waals surface area contributed by atoms with Crippen molar-refractivity contribution in [2.24, 2.45) is 7.05 Å². The summed E-state index contributed by atoms with van der Waals surface area (Å²) in [5, 5.41) is 7.89. The number of aromatic nitrogens is 2.